The van der Waals surface area contributed by atoms with Crippen LogP contribution in [-0.4, -0.2) is 49.2 Å². The van der Waals surface area contributed by atoms with Crippen molar-refractivity contribution in [3.05, 3.63) is 66.2 Å². The number of hydrogen-bond acceptors (Lipinski definition) is 8. The molecule has 0 amide bonds. The maximum atomic E-state index is 13.5. The molecular formula is C23H20FN7O2. The molecule has 0 radical (unpaired) electrons. The normalized spacial score (nSPS) is 13.4. The molecule has 0 unspecified atom stereocenters. The lowest BCUT2D eigenvalue weighted by Crippen LogP contribution is -2.23. The summed E-state index contributed by atoms with van der Waals surface area (Å²) in [4.78, 5) is 13.7. The van der Waals surface area contributed by atoms with Gasteiger partial charge in [0.1, 0.15) is 18.1 Å². The van der Waals surface area contributed by atoms with Crippen molar-refractivity contribution in [2.24, 2.45) is 10.2 Å². The molecule has 5 rings (SSSR count). The van der Waals surface area contributed by atoms with Crippen LogP contribution in [0.1, 0.15) is 12.5 Å². The van der Waals surface area contributed by atoms with E-state index in [9.17, 15) is 9.50 Å². The molecule has 1 aliphatic rings. The minimum atomic E-state index is -0.326. The van der Waals surface area contributed by atoms with E-state index in [0.717, 1.165) is 22.5 Å². The van der Waals surface area contributed by atoms with Crippen molar-refractivity contribution in [3.63, 3.8) is 0 Å². The fourth-order valence-electron chi connectivity index (χ4n) is 3.44. The van der Waals surface area contributed by atoms with Gasteiger partial charge in [-0.05, 0) is 55.0 Å². The predicted octanol–water partition coefficient (Wildman–Crippen LogP) is 3.31. The monoisotopic (exact) mass is 445 g/mol. The molecule has 33 heavy (non-hydrogen) atoms. The number of nitrogens with zero attached hydrogens (tertiary/aromatic N) is 6. The van der Waals surface area contributed by atoms with Crippen molar-refractivity contribution in [3.8, 4) is 22.6 Å². The standard InChI is InChI=1S/C23H20FN7O2/c1-14-13-33-20(30-29-14)11-26-23-25-8-6-18(27-23)22-21(16-2-4-17(24)5-3-16)28-19-10-15(12-32)7-9-31(19)22/h2-10,32H,11-13H2,1H3,(H,25,26,27). The molecule has 0 saturated carbocycles. The van der Waals surface area contributed by atoms with Crippen LogP contribution in [0, 0.1) is 5.82 Å². The van der Waals surface area contributed by atoms with Gasteiger partial charge in [-0.15, -0.1) is 5.10 Å². The summed E-state index contributed by atoms with van der Waals surface area (Å²) in [6, 6.07) is 11.5. The highest BCUT2D eigenvalue weighted by Crippen LogP contribution is 2.32. The van der Waals surface area contributed by atoms with E-state index in [1.54, 1.807) is 30.5 Å². The quantitative estimate of drug-likeness (QED) is 0.471. The Labute approximate surface area is 188 Å². The number of rotatable bonds is 6. The van der Waals surface area contributed by atoms with Crippen LogP contribution in [-0.2, 0) is 11.3 Å². The first-order valence-corrected chi connectivity index (χ1v) is 10.3. The lowest BCUT2D eigenvalue weighted by molar-refractivity contribution is 0.282. The van der Waals surface area contributed by atoms with Gasteiger partial charge in [-0.25, -0.2) is 19.3 Å². The van der Waals surface area contributed by atoms with E-state index in [2.05, 4.69) is 25.5 Å². The minimum Gasteiger partial charge on any atom is -0.472 e. The highest BCUT2D eigenvalue weighted by molar-refractivity contribution is 5.90. The molecule has 0 atom stereocenters. The third-order valence-corrected chi connectivity index (χ3v) is 5.07. The third kappa shape index (κ3) is 4.28. The number of aliphatic hydroxyl groups excluding tert-OH is 1. The second kappa shape index (κ2) is 8.75. The minimum absolute atomic E-state index is 0.0956. The molecule has 0 aliphatic carbocycles. The molecule has 2 N–H and O–H groups in total. The largest absolute Gasteiger partial charge is 0.472 e. The summed E-state index contributed by atoms with van der Waals surface area (Å²) in [6.07, 6.45) is 3.48. The number of pyridine rings is 1. The Morgan fingerprint density at radius 1 is 1.12 bits per heavy atom. The van der Waals surface area contributed by atoms with Crippen LogP contribution < -0.4 is 5.32 Å². The molecule has 9 nitrogen and oxygen atoms in total. The van der Waals surface area contributed by atoms with Gasteiger partial charge in [0, 0.05) is 18.0 Å². The van der Waals surface area contributed by atoms with Crippen molar-refractivity contribution in [1.82, 2.24) is 19.4 Å². The summed E-state index contributed by atoms with van der Waals surface area (Å²) in [5, 5.41) is 20.7. The third-order valence-electron chi connectivity index (χ3n) is 5.07. The van der Waals surface area contributed by atoms with E-state index < -0.39 is 0 Å². The second-order valence-corrected chi connectivity index (χ2v) is 7.47. The van der Waals surface area contributed by atoms with E-state index in [-0.39, 0.29) is 19.0 Å². The smallest absolute Gasteiger partial charge is 0.228 e. The van der Waals surface area contributed by atoms with Crippen LogP contribution in [0.4, 0.5) is 10.3 Å². The van der Waals surface area contributed by atoms with Crippen LogP contribution in [0.2, 0.25) is 0 Å². The SMILES string of the molecule is CC1=NN=C(CNc2nccc(-c3c(-c4ccc(F)cc4)nc4cc(CO)ccn34)n2)OC1. The highest BCUT2D eigenvalue weighted by Gasteiger charge is 2.18. The summed E-state index contributed by atoms with van der Waals surface area (Å²) in [7, 11) is 0. The number of halogens is 1. The van der Waals surface area contributed by atoms with E-state index in [0.29, 0.717) is 35.5 Å². The molecule has 0 bridgehead atoms. The van der Waals surface area contributed by atoms with Gasteiger partial charge in [-0.3, -0.25) is 4.40 Å². The average molecular weight is 445 g/mol. The Morgan fingerprint density at radius 2 is 1.97 bits per heavy atom. The number of aliphatic hydroxyl groups is 1. The Bertz CT molecular complexity index is 1380. The van der Waals surface area contributed by atoms with E-state index in [1.807, 2.05) is 23.6 Å². The lowest BCUT2D eigenvalue weighted by atomic mass is 10.1. The number of nitrogens with one attached hydrogen (secondary N) is 1. The Kier molecular flexibility index (Phi) is 5.49. The molecule has 10 heteroatoms. The molecule has 3 aromatic heterocycles. The number of anilines is 1. The Hall–Kier alpha value is -4.18. The number of fused-ring (bicyclic) bond motifs is 1. The molecular weight excluding hydrogens is 425 g/mol. The van der Waals surface area contributed by atoms with Crippen LogP contribution in [0.3, 0.4) is 0 Å². The summed E-state index contributed by atoms with van der Waals surface area (Å²) in [5.41, 5.74) is 4.91. The van der Waals surface area contributed by atoms with Crippen LogP contribution in [0.25, 0.3) is 28.3 Å². The van der Waals surface area contributed by atoms with Gasteiger partial charge in [0.25, 0.3) is 0 Å². The van der Waals surface area contributed by atoms with E-state index in [1.165, 1.54) is 12.1 Å². The molecule has 0 saturated heterocycles. The topological polar surface area (TPSA) is 109 Å². The zero-order valence-corrected chi connectivity index (χ0v) is 17.7. The second-order valence-electron chi connectivity index (χ2n) is 7.47. The molecule has 1 aliphatic heterocycles. The van der Waals surface area contributed by atoms with Crippen molar-refractivity contribution in [2.75, 3.05) is 18.5 Å². The number of benzene rings is 1. The van der Waals surface area contributed by atoms with E-state index in [4.69, 9.17) is 9.72 Å². The summed E-state index contributed by atoms with van der Waals surface area (Å²) < 4.78 is 20.9. The van der Waals surface area contributed by atoms with Crippen LogP contribution in [0.15, 0.2) is 65.1 Å². The number of aromatic nitrogens is 4. The summed E-state index contributed by atoms with van der Waals surface area (Å²) in [5.74, 6) is 0.512. The first-order valence-electron chi connectivity index (χ1n) is 10.3. The van der Waals surface area contributed by atoms with Gasteiger partial charge in [-0.2, -0.15) is 5.10 Å². The molecule has 0 fully saturated rings. The molecule has 4 aromatic rings. The molecule has 4 heterocycles. The summed E-state index contributed by atoms with van der Waals surface area (Å²) in [6.45, 7) is 2.44. The number of ether oxygens (including phenoxy) is 1. The predicted molar refractivity (Wildman–Crippen MR) is 123 cm³/mol. The number of imidazole rings is 1. The maximum absolute atomic E-state index is 13.5. The Morgan fingerprint density at radius 3 is 2.73 bits per heavy atom. The summed E-state index contributed by atoms with van der Waals surface area (Å²) >= 11 is 0. The fourth-order valence-corrected chi connectivity index (χ4v) is 3.44. The highest BCUT2D eigenvalue weighted by atomic mass is 19.1. The van der Waals surface area contributed by atoms with Crippen LogP contribution in [0.5, 0.6) is 0 Å². The van der Waals surface area contributed by atoms with Gasteiger partial charge in [0.15, 0.2) is 0 Å². The lowest BCUT2D eigenvalue weighted by Gasteiger charge is -2.12. The fraction of sp³-hybridized carbons (Fsp3) is 0.174. The molecule has 1 aromatic carbocycles. The van der Waals surface area contributed by atoms with Crippen molar-refractivity contribution >= 4 is 23.2 Å². The zero-order valence-electron chi connectivity index (χ0n) is 17.7. The van der Waals surface area contributed by atoms with Crippen molar-refractivity contribution < 1.29 is 14.2 Å². The van der Waals surface area contributed by atoms with Gasteiger partial charge < -0.3 is 15.2 Å². The van der Waals surface area contributed by atoms with Gasteiger partial charge in [0.05, 0.1) is 35.9 Å². The van der Waals surface area contributed by atoms with Gasteiger partial charge >= 0.3 is 0 Å². The molecule has 0 spiro atoms. The van der Waals surface area contributed by atoms with Gasteiger partial charge in [0.2, 0.25) is 11.8 Å². The number of hydrogen-bond donors (Lipinski definition) is 2. The average Bonchev–Trinajstić information content (AvgIpc) is 3.23. The van der Waals surface area contributed by atoms with E-state index >= 15 is 0 Å². The van der Waals surface area contributed by atoms with Crippen molar-refractivity contribution in [1.29, 1.82) is 0 Å². The Balaban J connectivity index is 1.55. The maximum Gasteiger partial charge on any atom is 0.228 e. The molecule has 166 valence electrons. The zero-order chi connectivity index (χ0) is 22.8. The van der Waals surface area contributed by atoms with Crippen LogP contribution >= 0.6 is 0 Å². The van der Waals surface area contributed by atoms with Crippen molar-refractivity contribution in [2.45, 2.75) is 13.5 Å². The van der Waals surface area contributed by atoms with Gasteiger partial charge in [-0.1, -0.05) is 0 Å². The first-order chi connectivity index (χ1) is 16.1. The first kappa shape index (κ1) is 20.7.